The zero-order valence-electron chi connectivity index (χ0n) is 15.0. The van der Waals surface area contributed by atoms with Crippen LogP contribution in [0.3, 0.4) is 0 Å². The molecule has 1 amide bonds. The molecule has 0 radical (unpaired) electrons. The number of nitrogens with zero attached hydrogens (tertiary/aromatic N) is 3. The van der Waals surface area contributed by atoms with E-state index in [1.165, 1.54) is 40.3 Å². The molecule has 0 spiro atoms. The average molecular weight is 418 g/mol. The van der Waals surface area contributed by atoms with Gasteiger partial charge in [0.05, 0.1) is 10.6 Å². The summed E-state index contributed by atoms with van der Waals surface area (Å²) < 4.78 is 19.7. The highest BCUT2D eigenvalue weighted by atomic mass is 35.5. The molecule has 5 rings (SSSR count). The summed E-state index contributed by atoms with van der Waals surface area (Å²) in [6.07, 6.45) is 4.89. The lowest BCUT2D eigenvalue weighted by Gasteiger charge is -2.17. The Morgan fingerprint density at radius 3 is 2.93 bits per heavy atom. The summed E-state index contributed by atoms with van der Waals surface area (Å²) in [5.74, 6) is 0.0860. The molecule has 1 fully saturated rings. The Kier molecular flexibility index (Phi) is 4.44. The number of benzene rings is 1. The molecule has 0 saturated carbocycles. The average Bonchev–Trinajstić information content (AvgIpc) is 3.39. The van der Waals surface area contributed by atoms with Gasteiger partial charge in [-0.3, -0.25) is 4.79 Å². The van der Waals surface area contributed by atoms with Crippen LogP contribution in [-0.2, 0) is 17.6 Å². The topological polar surface area (TPSA) is 59.2 Å². The number of aryl methyl sites for hydroxylation is 2. The molecule has 144 valence electrons. The molecule has 1 aliphatic heterocycles. The Hall–Kier alpha value is -2.25. The number of carbonyl (C=O) groups excluding carboxylic acids is 1. The first-order chi connectivity index (χ1) is 13.6. The predicted molar refractivity (Wildman–Crippen MR) is 105 cm³/mol. The lowest BCUT2D eigenvalue weighted by molar-refractivity contribution is -0.117. The molecule has 1 unspecified atom stereocenters. The van der Waals surface area contributed by atoms with Crippen molar-refractivity contribution in [3.8, 4) is 10.8 Å². The Labute approximate surface area is 170 Å². The van der Waals surface area contributed by atoms with Crippen LogP contribution >= 0.6 is 22.9 Å². The molecule has 28 heavy (non-hydrogen) atoms. The van der Waals surface area contributed by atoms with E-state index in [1.807, 2.05) is 0 Å². The van der Waals surface area contributed by atoms with Gasteiger partial charge in [0.15, 0.2) is 5.82 Å². The lowest BCUT2D eigenvalue weighted by atomic mass is 9.99. The summed E-state index contributed by atoms with van der Waals surface area (Å²) in [5.41, 5.74) is 1.61. The normalized spacial score (nSPS) is 19.3. The molecular formula is C20H17ClFN3O2S. The number of fused-ring (bicyclic) bond motifs is 1. The van der Waals surface area contributed by atoms with Gasteiger partial charge in [0, 0.05) is 28.8 Å². The third kappa shape index (κ3) is 3.12. The summed E-state index contributed by atoms with van der Waals surface area (Å²) in [6.45, 7) is 0.317. The van der Waals surface area contributed by atoms with E-state index < -0.39 is 5.82 Å². The maximum absolute atomic E-state index is 14.2. The number of hydrogen-bond acceptors (Lipinski definition) is 5. The maximum atomic E-state index is 14.2. The van der Waals surface area contributed by atoms with E-state index in [1.54, 1.807) is 17.4 Å². The monoisotopic (exact) mass is 417 g/mol. The molecule has 0 bridgehead atoms. The smallest absolute Gasteiger partial charge is 0.268 e. The first-order valence-electron chi connectivity index (χ1n) is 9.29. The molecule has 3 heterocycles. The lowest BCUT2D eigenvalue weighted by Crippen LogP contribution is -2.25. The second kappa shape index (κ2) is 6.97. The van der Waals surface area contributed by atoms with Crippen molar-refractivity contribution < 1.29 is 13.7 Å². The maximum Gasteiger partial charge on any atom is 0.268 e. The van der Waals surface area contributed by atoms with Gasteiger partial charge in [-0.25, -0.2) is 4.39 Å². The summed E-state index contributed by atoms with van der Waals surface area (Å²) in [6, 6.07) is 6.45. The molecule has 2 aliphatic rings. The first-order valence-corrected chi connectivity index (χ1v) is 10.5. The highest BCUT2D eigenvalue weighted by Gasteiger charge is 2.36. The second-order valence-electron chi connectivity index (χ2n) is 7.23. The van der Waals surface area contributed by atoms with Crippen molar-refractivity contribution in [1.82, 2.24) is 10.1 Å². The summed E-state index contributed by atoms with van der Waals surface area (Å²) >= 11 is 7.52. The van der Waals surface area contributed by atoms with Crippen LogP contribution in [0.2, 0.25) is 5.02 Å². The van der Waals surface area contributed by atoms with Crippen LogP contribution in [0.4, 0.5) is 10.1 Å². The number of carbonyl (C=O) groups is 1. The van der Waals surface area contributed by atoms with Gasteiger partial charge in [0.25, 0.3) is 5.89 Å². The molecule has 1 aliphatic carbocycles. The van der Waals surface area contributed by atoms with Gasteiger partial charge in [0.1, 0.15) is 5.82 Å². The number of amides is 1. The minimum Gasteiger partial charge on any atom is -0.333 e. The Bertz CT molecular complexity index is 1040. The van der Waals surface area contributed by atoms with Gasteiger partial charge in [-0.2, -0.15) is 4.98 Å². The largest absolute Gasteiger partial charge is 0.333 e. The third-order valence-corrected chi connectivity index (χ3v) is 6.80. The van der Waals surface area contributed by atoms with Crippen molar-refractivity contribution in [2.45, 2.75) is 38.0 Å². The molecule has 5 nitrogen and oxygen atoms in total. The second-order valence-corrected chi connectivity index (χ2v) is 8.80. The van der Waals surface area contributed by atoms with E-state index in [-0.39, 0.29) is 23.9 Å². The summed E-state index contributed by atoms with van der Waals surface area (Å²) in [5, 5.41) is 4.40. The van der Waals surface area contributed by atoms with Crippen molar-refractivity contribution in [3.63, 3.8) is 0 Å². The third-order valence-electron chi connectivity index (χ3n) is 5.34. The fourth-order valence-corrected chi connectivity index (χ4v) is 5.24. The molecule has 2 aromatic heterocycles. The highest BCUT2D eigenvalue weighted by Crippen LogP contribution is 2.37. The fraction of sp³-hybridized carbons (Fsp3) is 0.350. The van der Waals surface area contributed by atoms with Gasteiger partial charge in [-0.05, 0) is 55.5 Å². The summed E-state index contributed by atoms with van der Waals surface area (Å²) in [4.78, 5) is 20.8. The molecular weight excluding hydrogens is 401 g/mol. The van der Waals surface area contributed by atoms with Crippen molar-refractivity contribution >= 4 is 34.5 Å². The fourth-order valence-electron chi connectivity index (χ4n) is 3.91. The van der Waals surface area contributed by atoms with Crippen molar-refractivity contribution in [3.05, 3.63) is 51.4 Å². The Balaban J connectivity index is 1.38. The molecule has 1 atom stereocenters. The minimum atomic E-state index is -0.514. The van der Waals surface area contributed by atoms with Crippen LogP contribution in [0.25, 0.3) is 10.8 Å². The van der Waals surface area contributed by atoms with Gasteiger partial charge >= 0.3 is 0 Å². The predicted octanol–water partition coefficient (Wildman–Crippen LogP) is 4.99. The Morgan fingerprint density at radius 2 is 2.11 bits per heavy atom. The molecule has 1 saturated heterocycles. The van der Waals surface area contributed by atoms with E-state index in [4.69, 9.17) is 16.1 Å². The SMILES string of the molecule is O=C1CC(c2noc(-c3cc4c(s3)CCCC4)n2)CN1c1ccc(Cl)cc1F. The zero-order valence-corrected chi connectivity index (χ0v) is 16.5. The number of anilines is 1. The number of aromatic nitrogens is 2. The van der Waals surface area contributed by atoms with Crippen LogP contribution in [-0.4, -0.2) is 22.6 Å². The van der Waals surface area contributed by atoms with Gasteiger partial charge in [-0.1, -0.05) is 16.8 Å². The van der Waals surface area contributed by atoms with Crippen LogP contribution < -0.4 is 4.90 Å². The van der Waals surface area contributed by atoms with Crippen molar-refractivity contribution in [1.29, 1.82) is 0 Å². The molecule has 1 aromatic carbocycles. The van der Waals surface area contributed by atoms with Crippen molar-refractivity contribution in [2.75, 3.05) is 11.4 Å². The van der Waals surface area contributed by atoms with Crippen LogP contribution in [0, 0.1) is 5.82 Å². The van der Waals surface area contributed by atoms with Crippen LogP contribution in [0.5, 0.6) is 0 Å². The van der Waals surface area contributed by atoms with Gasteiger partial charge in [-0.15, -0.1) is 11.3 Å². The highest BCUT2D eigenvalue weighted by molar-refractivity contribution is 7.15. The molecule has 3 aromatic rings. The van der Waals surface area contributed by atoms with Gasteiger partial charge in [0.2, 0.25) is 5.91 Å². The molecule has 8 heteroatoms. The number of hydrogen-bond donors (Lipinski definition) is 0. The number of halogens is 2. The molecule has 0 N–H and O–H groups in total. The quantitative estimate of drug-likeness (QED) is 0.602. The number of thiophene rings is 1. The van der Waals surface area contributed by atoms with E-state index in [2.05, 4.69) is 16.2 Å². The standard InChI is InChI=1S/C20H17ClFN3O2S/c21-13-5-6-15(14(22)9-13)25-10-12(8-18(25)26)19-23-20(27-24-19)17-7-11-3-1-2-4-16(11)28-17/h5-7,9,12H,1-4,8,10H2. The Morgan fingerprint density at radius 1 is 1.25 bits per heavy atom. The minimum absolute atomic E-state index is 0.163. The zero-order chi connectivity index (χ0) is 19.3. The van der Waals surface area contributed by atoms with E-state index in [9.17, 15) is 9.18 Å². The summed E-state index contributed by atoms with van der Waals surface area (Å²) in [7, 11) is 0. The van der Waals surface area contributed by atoms with Crippen LogP contribution in [0.1, 0.15) is 41.4 Å². The van der Waals surface area contributed by atoms with Crippen LogP contribution in [0.15, 0.2) is 28.8 Å². The van der Waals surface area contributed by atoms with E-state index in [0.717, 1.165) is 17.7 Å². The van der Waals surface area contributed by atoms with Gasteiger partial charge < -0.3 is 9.42 Å². The van der Waals surface area contributed by atoms with Crippen molar-refractivity contribution in [2.24, 2.45) is 0 Å². The van der Waals surface area contributed by atoms with E-state index >= 15 is 0 Å². The first kappa shape index (κ1) is 17.8. The van der Waals surface area contributed by atoms with E-state index in [0.29, 0.717) is 23.3 Å². The number of rotatable bonds is 3.